The normalized spacial score (nSPS) is 22.3. The van der Waals surface area contributed by atoms with Crippen molar-refractivity contribution in [2.45, 2.75) is 26.2 Å². The van der Waals surface area contributed by atoms with Gasteiger partial charge in [0.05, 0.1) is 13.0 Å². The fourth-order valence-electron chi connectivity index (χ4n) is 2.22. The average molecular weight is 236 g/mol. The van der Waals surface area contributed by atoms with Crippen LogP contribution in [0.25, 0.3) is 0 Å². The summed E-state index contributed by atoms with van der Waals surface area (Å²) in [4.78, 5) is 11.2. The molecule has 1 aliphatic carbocycles. The molecule has 0 aromatic heterocycles. The molecule has 0 radical (unpaired) electrons. The van der Waals surface area contributed by atoms with E-state index in [1.807, 2.05) is 12.1 Å². The number of carbonyl (C=O) groups is 1. The van der Waals surface area contributed by atoms with Crippen LogP contribution in [-0.2, 0) is 16.0 Å². The van der Waals surface area contributed by atoms with Crippen LogP contribution in [0.4, 0.5) is 4.39 Å². The number of methoxy groups -OCH3 is 1. The molecule has 1 fully saturated rings. The van der Waals surface area contributed by atoms with Gasteiger partial charge in [0.25, 0.3) is 0 Å². The Hall–Kier alpha value is -1.38. The van der Waals surface area contributed by atoms with Crippen LogP contribution in [0.15, 0.2) is 18.2 Å². The zero-order valence-corrected chi connectivity index (χ0v) is 10.2. The standard InChI is InChI=1S/C14H17FO2/c1-9-7-10(4-6-13(9)15)3-5-11-8-12(11)14(16)17-2/h4,6-7,11-12H,3,5,8H2,1-2H3. The van der Waals surface area contributed by atoms with E-state index in [1.165, 1.54) is 13.2 Å². The van der Waals surface area contributed by atoms with Crippen LogP contribution in [0, 0.1) is 24.6 Å². The fourth-order valence-corrected chi connectivity index (χ4v) is 2.22. The Kier molecular flexibility index (Phi) is 3.46. The van der Waals surface area contributed by atoms with Crippen molar-refractivity contribution in [1.29, 1.82) is 0 Å². The molecule has 1 aromatic rings. The zero-order chi connectivity index (χ0) is 12.4. The van der Waals surface area contributed by atoms with E-state index in [0.717, 1.165) is 24.8 Å². The van der Waals surface area contributed by atoms with Gasteiger partial charge in [-0.2, -0.15) is 0 Å². The van der Waals surface area contributed by atoms with Crippen molar-refractivity contribution < 1.29 is 13.9 Å². The number of carbonyl (C=O) groups excluding carboxylic acids is 1. The molecule has 17 heavy (non-hydrogen) atoms. The summed E-state index contributed by atoms with van der Waals surface area (Å²) in [6.07, 6.45) is 2.82. The molecule has 0 heterocycles. The maximum absolute atomic E-state index is 13.1. The molecule has 1 aromatic carbocycles. The van der Waals surface area contributed by atoms with E-state index in [2.05, 4.69) is 0 Å². The van der Waals surface area contributed by atoms with Gasteiger partial charge in [-0.15, -0.1) is 0 Å². The van der Waals surface area contributed by atoms with Gasteiger partial charge in [0.15, 0.2) is 0 Å². The molecule has 1 saturated carbocycles. The third-order valence-corrected chi connectivity index (χ3v) is 3.45. The van der Waals surface area contributed by atoms with E-state index in [0.29, 0.717) is 11.5 Å². The van der Waals surface area contributed by atoms with Crippen LogP contribution in [0.5, 0.6) is 0 Å². The van der Waals surface area contributed by atoms with Crippen molar-refractivity contribution in [2.75, 3.05) is 7.11 Å². The highest BCUT2D eigenvalue weighted by molar-refractivity contribution is 5.75. The number of hydrogen-bond acceptors (Lipinski definition) is 2. The predicted molar refractivity (Wildman–Crippen MR) is 63.1 cm³/mol. The Balaban J connectivity index is 1.83. The van der Waals surface area contributed by atoms with E-state index < -0.39 is 0 Å². The Labute approximate surface area is 101 Å². The lowest BCUT2D eigenvalue weighted by molar-refractivity contribution is -0.142. The molecule has 2 rings (SSSR count). The van der Waals surface area contributed by atoms with E-state index in [9.17, 15) is 9.18 Å². The lowest BCUT2D eigenvalue weighted by Gasteiger charge is -2.03. The minimum Gasteiger partial charge on any atom is -0.469 e. The van der Waals surface area contributed by atoms with Gasteiger partial charge in [-0.3, -0.25) is 4.79 Å². The highest BCUT2D eigenvalue weighted by Crippen LogP contribution is 2.42. The monoisotopic (exact) mass is 236 g/mol. The maximum atomic E-state index is 13.1. The molecule has 0 aliphatic heterocycles. The van der Waals surface area contributed by atoms with Crippen molar-refractivity contribution in [3.05, 3.63) is 35.1 Å². The van der Waals surface area contributed by atoms with Crippen molar-refractivity contribution in [1.82, 2.24) is 0 Å². The van der Waals surface area contributed by atoms with Gasteiger partial charge < -0.3 is 4.74 Å². The summed E-state index contributed by atoms with van der Waals surface area (Å²) < 4.78 is 17.8. The van der Waals surface area contributed by atoms with Crippen molar-refractivity contribution in [2.24, 2.45) is 11.8 Å². The third kappa shape index (κ3) is 2.84. The molecule has 3 heteroatoms. The summed E-state index contributed by atoms with van der Waals surface area (Å²) in [5, 5.41) is 0. The Bertz CT molecular complexity index is 428. The first-order chi connectivity index (χ1) is 8.11. The molecule has 2 nitrogen and oxygen atoms in total. The highest BCUT2D eigenvalue weighted by atomic mass is 19.1. The number of benzene rings is 1. The lowest BCUT2D eigenvalue weighted by Crippen LogP contribution is -2.04. The van der Waals surface area contributed by atoms with Gasteiger partial charge >= 0.3 is 5.97 Å². The van der Waals surface area contributed by atoms with Crippen molar-refractivity contribution >= 4 is 5.97 Å². The van der Waals surface area contributed by atoms with Gasteiger partial charge in [0.1, 0.15) is 5.82 Å². The van der Waals surface area contributed by atoms with Gasteiger partial charge in [-0.25, -0.2) is 4.39 Å². The molecule has 0 amide bonds. The average Bonchev–Trinajstić information content (AvgIpc) is 3.09. The largest absolute Gasteiger partial charge is 0.469 e. The SMILES string of the molecule is COC(=O)C1CC1CCc1ccc(F)c(C)c1. The summed E-state index contributed by atoms with van der Waals surface area (Å²) in [6.45, 7) is 1.77. The van der Waals surface area contributed by atoms with E-state index in [-0.39, 0.29) is 17.7 Å². The number of aryl methyl sites for hydroxylation is 2. The molecular formula is C14H17FO2. The fraction of sp³-hybridized carbons (Fsp3) is 0.500. The number of hydrogen-bond donors (Lipinski definition) is 0. The van der Waals surface area contributed by atoms with E-state index in [4.69, 9.17) is 4.74 Å². The second kappa shape index (κ2) is 4.86. The van der Waals surface area contributed by atoms with Crippen LogP contribution in [0.3, 0.4) is 0 Å². The topological polar surface area (TPSA) is 26.3 Å². The van der Waals surface area contributed by atoms with Crippen LogP contribution < -0.4 is 0 Å². The summed E-state index contributed by atoms with van der Waals surface area (Å²) >= 11 is 0. The number of rotatable bonds is 4. The van der Waals surface area contributed by atoms with Crippen LogP contribution in [0.1, 0.15) is 24.0 Å². The van der Waals surface area contributed by atoms with Crippen LogP contribution >= 0.6 is 0 Å². The number of ether oxygens (including phenoxy) is 1. The summed E-state index contributed by atoms with van der Waals surface area (Å²) in [7, 11) is 1.43. The van der Waals surface area contributed by atoms with Gasteiger partial charge in [0.2, 0.25) is 0 Å². The molecule has 0 saturated heterocycles. The van der Waals surface area contributed by atoms with Gasteiger partial charge in [-0.05, 0) is 49.3 Å². The van der Waals surface area contributed by atoms with Crippen LogP contribution in [0.2, 0.25) is 0 Å². The number of esters is 1. The molecular weight excluding hydrogens is 219 g/mol. The first-order valence-electron chi connectivity index (χ1n) is 5.94. The Morgan fingerprint density at radius 3 is 2.94 bits per heavy atom. The lowest BCUT2D eigenvalue weighted by atomic mass is 10.0. The van der Waals surface area contributed by atoms with E-state index >= 15 is 0 Å². The zero-order valence-electron chi connectivity index (χ0n) is 10.2. The minimum absolute atomic E-state index is 0.0923. The second-order valence-electron chi connectivity index (χ2n) is 4.75. The Morgan fingerprint density at radius 2 is 2.29 bits per heavy atom. The molecule has 0 N–H and O–H groups in total. The van der Waals surface area contributed by atoms with Gasteiger partial charge in [-0.1, -0.05) is 12.1 Å². The highest BCUT2D eigenvalue weighted by Gasteiger charge is 2.43. The first-order valence-corrected chi connectivity index (χ1v) is 5.94. The molecule has 0 spiro atoms. The minimum atomic E-state index is -0.160. The molecule has 2 atom stereocenters. The first kappa shape index (κ1) is 12.1. The molecule has 2 unspecified atom stereocenters. The smallest absolute Gasteiger partial charge is 0.308 e. The predicted octanol–water partition coefficient (Wildman–Crippen LogP) is 2.88. The second-order valence-corrected chi connectivity index (χ2v) is 4.75. The van der Waals surface area contributed by atoms with E-state index in [1.54, 1.807) is 6.92 Å². The third-order valence-electron chi connectivity index (χ3n) is 3.45. The molecule has 1 aliphatic rings. The summed E-state index contributed by atoms with van der Waals surface area (Å²) in [5.74, 6) is 0.298. The summed E-state index contributed by atoms with van der Waals surface area (Å²) in [5.41, 5.74) is 1.82. The molecule has 92 valence electrons. The quantitative estimate of drug-likeness (QED) is 0.751. The maximum Gasteiger partial charge on any atom is 0.308 e. The molecule has 0 bridgehead atoms. The van der Waals surface area contributed by atoms with Crippen molar-refractivity contribution in [3.8, 4) is 0 Å². The Morgan fingerprint density at radius 1 is 1.53 bits per heavy atom. The van der Waals surface area contributed by atoms with Crippen molar-refractivity contribution in [3.63, 3.8) is 0 Å². The van der Waals surface area contributed by atoms with Gasteiger partial charge in [0, 0.05) is 0 Å². The summed E-state index contributed by atoms with van der Waals surface area (Å²) in [6, 6.07) is 5.21. The van der Waals surface area contributed by atoms with Crippen LogP contribution in [-0.4, -0.2) is 13.1 Å². The number of halogens is 1.